The lowest BCUT2D eigenvalue weighted by atomic mass is 10.0. The van der Waals surface area contributed by atoms with Crippen molar-refractivity contribution in [1.82, 2.24) is 4.98 Å². The summed E-state index contributed by atoms with van der Waals surface area (Å²) in [5, 5.41) is 9.23. The van der Waals surface area contributed by atoms with Gasteiger partial charge in [0.25, 0.3) is 0 Å². The minimum atomic E-state index is -3.12. The SMILES string of the molecule is CCC1(CC)CN(c2ncc(C#N)cc2Cl)CCS1(=O)=O. The van der Waals surface area contributed by atoms with Crippen molar-refractivity contribution in [2.45, 2.75) is 31.4 Å². The lowest BCUT2D eigenvalue weighted by Crippen LogP contribution is -2.56. The van der Waals surface area contributed by atoms with Crippen molar-refractivity contribution in [3.8, 4) is 6.07 Å². The molecule has 5 nitrogen and oxygen atoms in total. The van der Waals surface area contributed by atoms with Crippen molar-refractivity contribution in [2.75, 3.05) is 23.7 Å². The van der Waals surface area contributed by atoms with Crippen molar-refractivity contribution in [3.63, 3.8) is 0 Å². The Kier molecular flexibility index (Phi) is 4.45. The maximum atomic E-state index is 12.4. The number of nitrogens with zero attached hydrogens (tertiary/aromatic N) is 3. The van der Waals surface area contributed by atoms with E-state index in [1.807, 2.05) is 24.8 Å². The number of hydrogen-bond donors (Lipinski definition) is 0. The first kappa shape index (κ1) is 16.1. The van der Waals surface area contributed by atoms with E-state index in [0.29, 0.717) is 42.3 Å². The van der Waals surface area contributed by atoms with E-state index in [9.17, 15) is 8.42 Å². The molecule has 1 aliphatic heterocycles. The van der Waals surface area contributed by atoms with E-state index in [0.717, 1.165) is 0 Å². The highest BCUT2D eigenvalue weighted by Crippen LogP contribution is 2.35. The number of rotatable bonds is 3. The molecule has 0 radical (unpaired) electrons. The summed E-state index contributed by atoms with van der Waals surface area (Å²) in [7, 11) is -3.12. The molecular formula is C14H18ClN3O2S. The van der Waals surface area contributed by atoms with E-state index >= 15 is 0 Å². The molecule has 2 rings (SSSR count). The number of nitriles is 1. The van der Waals surface area contributed by atoms with E-state index in [4.69, 9.17) is 16.9 Å². The number of sulfone groups is 1. The minimum absolute atomic E-state index is 0.104. The zero-order valence-electron chi connectivity index (χ0n) is 12.1. The lowest BCUT2D eigenvalue weighted by Gasteiger charge is -2.42. The molecule has 21 heavy (non-hydrogen) atoms. The molecule has 7 heteroatoms. The van der Waals surface area contributed by atoms with Gasteiger partial charge in [0, 0.05) is 19.3 Å². The average Bonchev–Trinajstić information content (AvgIpc) is 2.47. The molecule has 1 aromatic rings. The molecule has 1 fully saturated rings. The predicted octanol–water partition coefficient (Wildman–Crippen LogP) is 2.40. The molecule has 1 aromatic heterocycles. The fraction of sp³-hybridized carbons (Fsp3) is 0.571. The van der Waals surface area contributed by atoms with Gasteiger partial charge in [-0.25, -0.2) is 13.4 Å². The second kappa shape index (κ2) is 5.82. The number of pyridine rings is 1. The summed E-state index contributed by atoms with van der Waals surface area (Å²) in [6.45, 7) is 4.57. The molecular weight excluding hydrogens is 310 g/mol. The molecule has 1 aliphatic rings. The second-order valence-corrected chi connectivity index (χ2v) is 8.18. The molecule has 2 heterocycles. The van der Waals surface area contributed by atoms with Gasteiger partial charge in [-0.3, -0.25) is 0 Å². The van der Waals surface area contributed by atoms with E-state index in [1.165, 1.54) is 6.20 Å². The molecule has 114 valence electrons. The Labute approximate surface area is 130 Å². The van der Waals surface area contributed by atoms with Gasteiger partial charge in [-0.05, 0) is 18.9 Å². The van der Waals surface area contributed by atoms with Gasteiger partial charge < -0.3 is 4.90 Å². The molecule has 0 unspecified atom stereocenters. The maximum absolute atomic E-state index is 12.4. The highest BCUT2D eigenvalue weighted by Gasteiger charge is 2.45. The topological polar surface area (TPSA) is 74.1 Å². The van der Waals surface area contributed by atoms with Gasteiger partial charge in [0.2, 0.25) is 0 Å². The Morgan fingerprint density at radius 3 is 2.67 bits per heavy atom. The monoisotopic (exact) mass is 327 g/mol. The van der Waals surface area contributed by atoms with Gasteiger partial charge >= 0.3 is 0 Å². The first-order valence-corrected chi connectivity index (χ1v) is 8.95. The Morgan fingerprint density at radius 1 is 1.48 bits per heavy atom. The predicted molar refractivity (Wildman–Crippen MR) is 83.3 cm³/mol. The standard InChI is InChI=1S/C14H18ClN3O2S/c1-3-14(4-2)10-18(5-6-21(14,19)20)13-12(15)7-11(8-16)9-17-13/h7,9H,3-6,10H2,1-2H3. The van der Waals surface area contributed by atoms with Gasteiger partial charge in [0.15, 0.2) is 9.84 Å². The van der Waals surface area contributed by atoms with Gasteiger partial charge in [0.1, 0.15) is 11.9 Å². The second-order valence-electron chi connectivity index (χ2n) is 5.27. The van der Waals surface area contributed by atoms with Crippen LogP contribution in [-0.2, 0) is 9.84 Å². The van der Waals surface area contributed by atoms with Crippen LogP contribution >= 0.6 is 11.6 Å². The van der Waals surface area contributed by atoms with Gasteiger partial charge in [0.05, 0.1) is 21.1 Å². The van der Waals surface area contributed by atoms with Gasteiger partial charge in [-0.1, -0.05) is 25.4 Å². The third-order valence-corrected chi connectivity index (χ3v) is 7.33. The smallest absolute Gasteiger partial charge is 0.159 e. The van der Waals surface area contributed by atoms with Crippen LogP contribution in [0.4, 0.5) is 5.82 Å². The Hall–Kier alpha value is -1.32. The normalized spacial score (nSPS) is 20.0. The van der Waals surface area contributed by atoms with E-state index in [2.05, 4.69) is 4.98 Å². The van der Waals surface area contributed by atoms with Crippen LogP contribution in [0.15, 0.2) is 12.3 Å². The fourth-order valence-corrected chi connectivity index (χ4v) is 5.20. The summed E-state index contributed by atoms with van der Waals surface area (Å²) < 4.78 is 24.1. The lowest BCUT2D eigenvalue weighted by molar-refractivity contribution is 0.457. The van der Waals surface area contributed by atoms with Crippen LogP contribution in [0.5, 0.6) is 0 Å². The number of halogens is 1. The third-order valence-electron chi connectivity index (χ3n) is 4.31. The van der Waals surface area contributed by atoms with Crippen LogP contribution in [-0.4, -0.2) is 37.0 Å². The summed E-state index contributed by atoms with van der Waals surface area (Å²) in [4.78, 5) is 6.15. The molecule has 0 spiro atoms. The van der Waals surface area contributed by atoms with Crippen LogP contribution in [0.2, 0.25) is 5.02 Å². The Bertz CT molecular complexity index is 678. The molecule has 0 saturated carbocycles. The fourth-order valence-electron chi connectivity index (χ4n) is 2.79. The largest absolute Gasteiger partial charge is 0.353 e. The minimum Gasteiger partial charge on any atom is -0.353 e. The summed E-state index contributed by atoms with van der Waals surface area (Å²) >= 11 is 6.19. The van der Waals surface area contributed by atoms with Crippen LogP contribution in [0.1, 0.15) is 32.3 Å². The summed E-state index contributed by atoms with van der Waals surface area (Å²) in [6.07, 6.45) is 2.59. The first-order valence-electron chi connectivity index (χ1n) is 6.92. The van der Waals surface area contributed by atoms with Crippen molar-refractivity contribution >= 4 is 27.3 Å². The average molecular weight is 328 g/mol. The molecule has 0 aromatic carbocycles. The zero-order chi connectivity index (χ0) is 15.7. The molecule has 0 atom stereocenters. The Morgan fingerprint density at radius 2 is 2.14 bits per heavy atom. The van der Waals surface area contributed by atoms with Crippen LogP contribution < -0.4 is 4.90 Å². The van der Waals surface area contributed by atoms with Crippen LogP contribution in [0.25, 0.3) is 0 Å². The molecule has 0 bridgehead atoms. The quantitative estimate of drug-likeness (QED) is 0.852. The maximum Gasteiger partial charge on any atom is 0.159 e. The van der Waals surface area contributed by atoms with Crippen molar-refractivity contribution in [1.29, 1.82) is 5.26 Å². The molecule has 0 N–H and O–H groups in total. The van der Waals surface area contributed by atoms with Crippen molar-refractivity contribution in [2.24, 2.45) is 0 Å². The summed E-state index contributed by atoms with van der Waals surface area (Å²) in [6, 6.07) is 3.55. The van der Waals surface area contributed by atoms with E-state index < -0.39 is 14.6 Å². The van der Waals surface area contributed by atoms with Crippen LogP contribution in [0, 0.1) is 11.3 Å². The Balaban J connectivity index is 2.38. The van der Waals surface area contributed by atoms with E-state index in [1.54, 1.807) is 6.07 Å². The summed E-state index contributed by atoms with van der Waals surface area (Å²) in [5.74, 6) is 0.656. The number of aromatic nitrogens is 1. The van der Waals surface area contributed by atoms with Gasteiger partial charge in [-0.2, -0.15) is 5.26 Å². The van der Waals surface area contributed by atoms with E-state index in [-0.39, 0.29) is 5.75 Å². The van der Waals surface area contributed by atoms with Crippen molar-refractivity contribution in [3.05, 3.63) is 22.8 Å². The third kappa shape index (κ3) is 2.72. The molecule has 0 amide bonds. The highest BCUT2D eigenvalue weighted by molar-refractivity contribution is 7.92. The first-order chi connectivity index (χ1) is 9.89. The highest BCUT2D eigenvalue weighted by atomic mass is 35.5. The molecule has 1 saturated heterocycles. The number of anilines is 1. The van der Waals surface area contributed by atoms with Crippen LogP contribution in [0.3, 0.4) is 0 Å². The zero-order valence-corrected chi connectivity index (χ0v) is 13.7. The van der Waals surface area contributed by atoms with Crippen molar-refractivity contribution < 1.29 is 8.42 Å². The van der Waals surface area contributed by atoms with Gasteiger partial charge in [-0.15, -0.1) is 0 Å². The molecule has 0 aliphatic carbocycles. The summed E-state index contributed by atoms with van der Waals surface area (Å²) in [5.41, 5.74) is 0.394. The number of hydrogen-bond acceptors (Lipinski definition) is 5.